The van der Waals surface area contributed by atoms with Gasteiger partial charge in [0.1, 0.15) is 5.01 Å². The number of nitrogens with zero attached hydrogens (tertiary/aromatic N) is 1. The highest BCUT2D eigenvalue weighted by Gasteiger charge is 2.23. The van der Waals surface area contributed by atoms with E-state index >= 15 is 0 Å². The van der Waals surface area contributed by atoms with Crippen molar-refractivity contribution in [3.05, 3.63) is 59.6 Å². The van der Waals surface area contributed by atoms with Gasteiger partial charge in [-0.15, -0.1) is 11.3 Å². The van der Waals surface area contributed by atoms with Crippen LogP contribution in [0.2, 0.25) is 5.02 Å². The Balaban J connectivity index is 2.20. The standard InChI is InChI=1S/C15H9Cl2NO2S2/c16-12-8-6-11(7-9-12)14-18-15(22(17,19)20)13(21-14)10-4-2-1-3-5-10/h1-9H. The molecule has 3 aromatic rings. The van der Waals surface area contributed by atoms with Crippen molar-refractivity contribution in [1.82, 2.24) is 4.98 Å². The van der Waals surface area contributed by atoms with E-state index in [0.717, 1.165) is 11.1 Å². The van der Waals surface area contributed by atoms with Crippen LogP contribution in [0.4, 0.5) is 0 Å². The summed E-state index contributed by atoms with van der Waals surface area (Å²) >= 11 is 7.15. The van der Waals surface area contributed by atoms with Gasteiger partial charge in [-0.1, -0.05) is 54.1 Å². The van der Waals surface area contributed by atoms with E-state index in [1.165, 1.54) is 11.3 Å². The zero-order valence-corrected chi connectivity index (χ0v) is 14.2. The summed E-state index contributed by atoms with van der Waals surface area (Å²) in [5.74, 6) is 0. The van der Waals surface area contributed by atoms with Crippen molar-refractivity contribution in [1.29, 1.82) is 0 Å². The van der Waals surface area contributed by atoms with Gasteiger partial charge in [0, 0.05) is 21.3 Å². The molecule has 1 heterocycles. The first kappa shape index (κ1) is 15.5. The minimum atomic E-state index is -3.93. The molecule has 0 amide bonds. The smallest absolute Gasteiger partial charge is 0.223 e. The van der Waals surface area contributed by atoms with Gasteiger partial charge in [-0.25, -0.2) is 13.4 Å². The molecule has 112 valence electrons. The fourth-order valence-electron chi connectivity index (χ4n) is 1.96. The predicted octanol–water partition coefficient (Wildman–Crippen LogP) is 5.06. The highest BCUT2D eigenvalue weighted by atomic mass is 35.7. The summed E-state index contributed by atoms with van der Waals surface area (Å²) in [7, 11) is 1.60. The van der Waals surface area contributed by atoms with Gasteiger partial charge < -0.3 is 0 Å². The maximum Gasteiger partial charge on any atom is 0.280 e. The molecule has 0 fully saturated rings. The Morgan fingerprint density at radius 2 is 1.55 bits per heavy atom. The van der Waals surface area contributed by atoms with Crippen LogP contribution in [0.15, 0.2) is 59.6 Å². The van der Waals surface area contributed by atoms with E-state index in [0.29, 0.717) is 14.9 Å². The first-order valence-electron chi connectivity index (χ1n) is 6.22. The number of hydrogen-bond acceptors (Lipinski definition) is 4. The molecule has 0 saturated carbocycles. The van der Waals surface area contributed by atoms with Crippen LogP contribution in [0.1, 0.15) is 0 Å². The zero-order valence-electron chi connectivity index (χ0n) is 11.0. The second-order valence-corrected chi connectivity index (χ2v) is 8.38. The predicted molar refractivity (Wildman–Crippen MR) is 91.0 cm³/mol. The van der Waals surface area contributed by atoms with Gasteiger partial charge in [-0.2, -0.15) is 0 Å². The second-order valence-electron chi connectivity index (χ2n) is 4.46. The van der Waals surface area contributed by atoms with E-state index in [2.05, 4.69) is 4.98 Å². The van der Waals surface area contributed by atoms with Crippen molar-refractivity contribution in [2.45, 2.75) is 5.03 Å². The second kappa shape index (κ2) is 6.01. The third-order valence-corrected chi connectivity index (χ3v) is 5.68. The fourth-order valence-corrected chi connectivity index (χ4v) is 4.58. The molecule has 0 bridgehead atoms. The van der Waals surface area contributed by atoms with E-state index in [-0.39, 0.29) is 5.03 Å². The fraction of sp³-hybridized carbons (Fsp3) is 0. The number of aromatic nitrogens is 1. The quantitative estimate of drug-likeness (QED) is 0.606. The monoisotopic (exact) mass is 369 g/mol. The van der Waals surface area contributed by atoms with Gasteiger partial charge in [0.15, 0.2) is 5.03 Å². The van der Waals surface area contributed by atoms with E-state index < -0.39 is 9.05 Å². The Labute approximate surface area is 141 Å². The molecule has 0 N–H and O–H groups in total. The highest BCUT2D eigenvalue weighted by molar-refractivity contribution is 8.13. The molecule has 1 aromatic heterocycles. The SMILES string of the molecule is O=S(=O)(Cl)c1nc(-c2ccc(Cl)cc2)sc1-c1ccccc1. The molecule has 0 aliphatic heterocycles. The van der Waals surface area contributed by atoms with Crippen LogP contribution in [0.3, 0.4) is 0 Å². The average Bonchev–Trinajstić information content (AvgIpc) is 2.94. The molecule has 2 aromatic carbocycles. The Bertz CT molecular complexity index is 904. The van der Waals surface area contributed by atoms with Gasteiger partial charge in [-0.3, -0.25) is 0 Å². The van der Waals surface area contributed by atoms with Gasteiger partial charge in [0.2, 0.25) is 0 Å². The zero-order chi connectivity index (χ0) is 15.7. The van der Waals surface area contributed by atoms with Gasteiger partial charge in [-0.05, 0) is 17.7 Å². The number of benzene rings is 2. The Morgan fingerprint density at radius 1 is 0.909 bits per heavy atom. The number of hydrogen-bond donors (Lipinski definition) is 0. The average molecular weight is 370 g/mol. The first-order chi connectivity index (χ1) is 10.4. The summed E-state index contributed by atoms with van der Waals surface area (Å²) in [5.41, 5.74) is 1.55. The molecule has 3 nitrogen and oxygen atoms in total. The highest BCUT2D eigenvalue weighted by Crippen LogP contribution is 2.38. The maximum atomic E-state index is 11.8. The van der Waals surface area contributed by atoms with Crippen molar-refractivity contribution in [2.24, 2.45) is 0 Å². The van der Waals surface area contributed by atoms with Gasteiger partial charge in [0.05, 0.1) is 4.88 Å². The lowest BCUT2D eigenvalue weighted by Crippen LogP contribution is -1.93. The third-order valence-electron chi connectivity index (χ3n) is 2.95. The van der Waals surface area contributed by atoms with Crippen molar-refractivity contribution in [3.63, 3.8) is 0 Å². The number of halogens is 2. The molecule has 0 aliphatic carbocycles. The summed E-state index contributed by atoms with van der Waals surface area (Å²) in [6, 6.07) is 16.2. The summed E-state index contributed by atoms with van der Waals surface area (Å²) in [6.07, 6.45) is 0. The lowest BCUT2D eigenvalue weighted by molar-refractivity contribution is 0.607. The number of rotatable bonds is 3. The van der Waals surface area contributed by atoms with Crippen molar-refractivity contribution < 1.29 is 8.42 Å². The maximum absolute atomic E-state index is 11.8. The van der Waals surface area contributed by atoms with Crippen LogP contribution in [0.5, 0.6) is 0 Å². The van der Waals surface area contributed by atoms with Crippen LogP contribution in [0.25, 0.3) is 21.0 Å². The van der Waals surface area contributed by atoms with Crippen molar-refractivity contribution >= 4 is 42.7 Å². The largest absolute Gasteiger partial charge is 0.280 e. The van der Waals surface area contributed by atoms with E-state index in [1.807, 2.05) is 30.3 Å². The molecule has 0 unspecified atom stereocenters. The lowest BCUT2D eigenvalue weighted by Gasteiger charge is -1.98. The first-order valence-corrected chi connectivity index (χ1v) is 9.72. The third kappa shape index (κ3) is 3.17. The molecule has 0 atom stereocenters. The van der Waals surface area contributed by atoms with E-state index in [4.69, 9.17) is 22.3 Å². The summed E-state index contributed by atoms with van der Waals surface area (Å²) in [6.45, 7) is 0. The summed E-state index contributed by atoms with van der Waals surface area (Å²) in [4.78, 5) is 4.74. The van der Waals surface area contributed by atoms with Gasteiger partial charge in [0.25, 0.3) is 9.05 Å². The molecule has 22 heavy (non-hydrogen) atoms. The van der Waals surface area contributed by atoms with Crippen LogP contribution >= 0.6 is 33.6 Å². The van der Waals surface area contributed by atoms with Crippen molar-refractivity contribution in [2.75, 3.05) is 0 Å². The Morgan fingerprint density at radius 3 is 2.14 bits per heavy atom. The molecular weight excluding hydrogens is 361 g/mol. The van der Waals surface area contributed by atoms with Crippen LogP contribution < -0.4 is 0 Å². The Hall–Kier alpha value is -1.40. The Kier molecular flexibility index (Phi) is 4.23. The lowest BCUT2D eigenvalue weighted by atomic mass is 10.2. The number of thiazole rings is 1. The van der Waals surface area contributed by atoms with Crippen LogP contribution in [-0.4, -0.2) is 13.4 Å². The molecule has 3 rings (SSSR count). The van der Waals surface area contributed by atoms with Crippen LogP contribution in [0, 0.1) is 0 Å². The molecule has 0 aliphatic rings. The minimum Gasteiger partial charge on any atom is -0.223 e. The minimum absolute atomic E-state index is 0.115. The normalized spacial score (nSPS) is 11.5. The van der Waals surface area contributed by atoms with Crippen molar-refractivity contribution in [3.8, 4) is 21.0 Å². The van der Waals surface area contributed by atoms with Crippen LogP contribution in [-0.2, 0) is 9.05 Å². The molecular formula is C15H9Cl2NO2S2. The summed E-state index contributed by atoms with van der Waals surface area (Å²) in [5, 5.41) is 1.07. The molecule has 0 radical (unpaired) electrons. The molecule has 0 saturated heterocycles. The summed E-state index contributed by atoms with van der Waals surface area (Å²) < 4.78 is 23.6. The van der Waals surface area contributed by atoms with Gasteiger partial charge >= 0.3 is 0 Å². The van der Waals surface area contributed by atoms with E-state index in [9.17, 15) is 8.42 Å². The molecule has 7 heteroatoms. The topological polar surface area (TPSA) is 47.0 Å². The van der Waals surface area contributed by atoms with E-state index in [1.54, 1.807) is 24.3 Å². The molecule has 0 spiro atoms.